The first kappa shape index (κ1) is 18.9. The molecule has 1 aromatic carbocycles. The van der Waals surface area contributed by atoms with Gasteiger partial charge in [-0.3, -0.25) is 4.90 Å². The molecule has 2 heterocycles. The van der Waals surface area contributed by atoms with Crippen LogP contribution in [0.5, 0.6) is 11.5 Å². The summed E-state index contributed by atoms with van der Waals surface area (Å²) in [6.07, 6.45) is 8.45. The number of aromatic hydroxyl groups is 1. The number of fused-ring (bicyclic) bond motifs is 2. The van der Waals surface area contributed by atoms with Crippen LogP contribution >= 0.6 is 0 Å². The lowest BCUT2D eigenvalue weighted by atomic mass is 9.34. The van der Waals surface area contributed by atoms with E-state index < -0.39 is 5.60 Å². The molecule has 5 nitrogen and oxygen atoms in total. The maximum atomic E-state index is 12.3. The molecule has 166 valence electrons. The molecule has 4 bridgehead atoms. The van der Waals surface area contributed by atoms with Crippen molar-refractivity contribution in [1.29, 1.82) is 0 Å². The summed E-state index contributed by atoms with van der Waals surface area (Å²) >= 11 is 0. The molecule has 1 saturated heterocycles. The van der Waals surface area contributed by atoms with Gasteiger partial charge in [0.25, 0.3) is 0 Å². The smallest absolute Gasteiger partial charge is 0.165 e. The third kappa shape index (κ3) is 2.05. The van der Waals surface area contributed by atoms with Crippen molar-refractivity contribution in [2.24, 2.45) is 17.3 Å². The molecule has 0 aromatic heterocycles. The number of ketones is 1. The van der Waals surface area contributed by atoms with E-state index in [4.69, 9.17) is 9.47 Å². The average molecular weight is 424 g/mol. The first-order valence-electron chi connectivity index (χ1n) is 12.3. The first-order valence-corrected chi connectivity index (χ1v) is 12.3. The number of ether oxygens (including phenoxy) is 2. The molecule has 1 aromatic rings. The standard InChI is InChI=1S/C26H33NO4/c1-15(28)11-18-13-24-7-8-26(18,30-2)23-25(24)9-10-27(14-16-3-4-16)20(24)12-17-5-6-19(29)22(31-23)21(17)25/h5-6,16,18,20,23,29H,3-4,7-14H2,1-2H3/t18-,20+,23+,24+,25-,26+/m0/s1. The largest absolute Gasteiger partial charge is 0.504 e. The number of piperidine rings is 1. The Balaban J connectivity index is 1.46. The van der Waals surface area contributed by atoms with E-state index >= 15 is 0 Å². The van der Waals surface area contributed by atoms with E-state index in [1.807, 2.05) is 13.2 Å². The van der Waals surface area contributed by atoms with E-state index in [1.54, 1.807) is 6.92 Å². The minimum atomic E-state index is -0.448. The average Bonchev–Trinajstić information content (AvgIpc) is 3.48. The van der Waals surface area contributed by atoms with Gasteiger partial charge in [-0.25, -0.2) is 0 Å². The monoisotopic (exact) mass is 423 g/mol. The SMILES string of the molecule is CO[C@]12CC[C@@]3(C[C@@H]1CC(C)=O)[C@H]1Cc4ccc(O)c5c4[C@@]3(CCN1CC1CC1)[C@H]2O5. The number of Topliss-reactive ketones (excluding diaryl/α,β-unsaturated/α-hetero) is 1. The van der Waals surface area contributed by atoms with Gasteiger partial charge in [-0.05, 0) is 81.9 Å². The summed E-state index contributed by atoms with van der Waals surface area (Å²) < 4.78 is 13.2. The normalized spacial score (nSPS) is 44.1. The van der Waals surface area contributed by atoms with Crippen molar-refractivity contribution >= 4 is 5.78 Å². The molecule has 0 radical (unpaired) electrons. The second-order valence-electron chi connectivity index (χ2n) is 11.4. The molecule has 5 aliphatic carbocycles. The topological polar surface area (TPSA) is 59.0 Å². The van der Waals surface area contributed by atoms with E-state index in [9.17, 15) is 9.90 Å². The van der Waals surface area contributed by atoms with Crippen LogP contribution in [0.1, 0.15) is 63.0 Å². The number of phenolic OH excluding ortho intramolecular Hbond substituents is 1. The Kier molecular flexibility index (Phi) is 3.57. The van der Waals surface area contributed by atoms with Crippen molar-refractivity contribution < 1.29 is 19.4 Å². The maximum Gasteiger partial charge on any atom is 0.165 e. The van der Waals surface area contributed by atoms with Crippen LogP contribution in [0, 0.1) is 17.3 Å². The van der Waals surface area contributed by atoms with Gasteiger partial charge in [0, 0.05) is 42.5 Å². The predicted molar refractivity (Wildman–Crippen MR) is 115 cm³/mol. The number of benzene rings is 1. The fraction of sp³-hybridized carbons (Fsp3) is 0.731. The van der Waals surface area contributed by atoms with E-state index in [1.165, 1.54) is 30.5 Å². The Morgan fingerprint density at radius 1 is 1.29 bits per heavy atom. The third-order valence-electron chi connectivity index (χ3n) is 10.3. The second kappa shape index (κ2) is 5.85. The Morgan fingerprint density at radius 3 is 2.87 bits per heavy atom. The highest BCUT2D eigenvalue weighted by Gasteiger charge is 2.80. The molecular formula is C26H33NO4. The molecule has 5 heteroatoms. The van der Waals surface area contributed by atoms with Crippen molar-refractivity contribution in [1.82, 2.24) is 4.90 Å². The number of carbonyl (C=O) groups excluding carboxylic acids is 1. The van der Waals surface area contributed by atoms with Gasteiger partial charge < -0.3 is 19.4 Å². The van der Waals surface area contributed by atoms with Crippen LogP contribution in [-0.2, 0) is 21.4 Å². The second-order valence-corrected chi connectivity index (χ2v) is 11.4. The Hall–Kier alpha value is -1.59. The summed E-state index contributed by atoms with van der Waals surface area (Å²) in [5, 5.41) is 10.8. The summed E-state index contributed by atoms with van der Waals surface area (Å²) in [6, 6.07) is 4.48. The molecule has 5 fully saturated rings. The number of likely N-dealkylation sites (tertiary alicyclic amines) is 1. The molecule has 0 unspecified atom stereocenters. The van der Waals surface area contributed by atoms with Gasteiger partial charge >= 0.3 is 0 Å². The quantitative estimate of drug-likeness (QED) is 0.784. The van der Waals surface area contributed by atoms with E-state index in [0.29, 0.717) is 18.2 Å². The molecular weight excluding hydrogens is 390 g/mol. The zero-order valence-electron chi connectivity index (χ0n) is 18.7. The zero-order valence-corrected chi connectivity index (χ0v) is 18.7. The molecule has 31 heavy (non-hydrogen) atoms. The summed E-state index contributed by atoms with van der Waals surface area (Å²) in [7, 11) is 1.82. The van der Waals surface area contributed by atoms with E-state index in [0.717, 1.165) is 44.6 Å². The van der Waals surface area contributed by atoms with Crippen LogP contribution < -0.4 is 4.74 Å². The molecule has 2 spiro atoms. The zero-order chi connectivity index (χ0) is 21.2. The maximum absolute atomic E-state index is 12.3. The van der Waals surface area contributed by atoms with Gasteiger partial charge in [-0.15, -0.1) is 0 Å². The lowest BCUT2D eigenvalue weighted by molar-refractivity contribution is -0.277. The highest BCUT2D eigenvalue weighted by molar-refractivity contribution is 5.76. The minimum Gasteiger partial charge on any atom is -0.504 e. The van der Waals surface area contributed by atoms with Crippen molar-refractivity contribution in [3.63, 3.8) is 0 Å². The first-order chi connectivity index (χ1) is 14.9. The van der Waals surface area contributed by atoms with Crippen LogP contribution in [0.25, 0.3) is 0 Å². The highest BCUT2D eigenvalue weighted by Crippen LogP contribution is 2.77. The molecule has 6 atom stereocenters. The Labute approximate surface area is 184 Å². The number of carbonyl (C=O) groups is 1. The summed E-state index contributed by atoms with van der Waals surface area (Å²) in [5.41, 5.74) is 2.23. The van der Waals surface area contributed by atoms with Crippen LogP contribution in [0.3, 0.4) is 0 Å². The fourth-order valence-electron chi connectivity index (χ4n) is 9.14. The molecule has 2 aliphatic heterocycles. The predicted octanol–water partition coefficient (Wildman–Crippen LogP) is 3.60. The van der Waals surface area contributed by atoms with Gasteiger partial charge in [0.05, 0.1) is 0 Å². The fourth-order valence-corrected chi connectivity index (χ4v) is 9.14. The summed E-state index contributed by atoms with van der Waals surface area (Å²) in [4.78, 5) is 15.1. The molecule has 8 rings (SSSR count). The lowest BCUT2D eigenvalue weighted by Crippen LogP contribution is -2.81. The van der Waals surface area contributed by atoms with Crippen LogP contribution in [0.2, 0.25) is 0 Å². The number of hydrogen-bond donors (Lipinski definition) is 1. The number of hydrogen-bond acceptors (Lipinski definition) is 5. The van der Waals surface area contributed by atoms with Crippen molar-refractivity contribution in [2.75, 3.05) is 20.2 Å². The van der Waals surface area contributed by atoms with Crippen LogP contribution in [0.15, 0.2) is 12.1 Å². The van der Waals surface area contributed by atoms with E-state index in [2.05, 4.69) is 11.0 Å². The summed E-state index contributed by atoms with van der Waals surface area (Å²) in [6.45, 7) is 4.05. The van der Waals surface area contributed by atoms with Crippen molar-refractivity contribution in [2.45, 2.75) is 81.5 Å². The van der Waals surface area contributed by atoms with Gasteiger partial charge in [0.15, 0.2) is 11.5 Å². The lowest BCUT2D eigenvalue weighted by Gasteiger charge is -2.74. The Morgan fingerprint density at radius 2 is 2.13 bits per heavy atom. The minimum absolute atomic E-state index is 0.0963. The van der Waals surface area contributed by atoms with Gasteiger partial charge in [-0.2, -0.15) is 0 Å². The molecule has 0 amide bonds. The number of rotatable bonds is 5. The molecule has 1 N–H and O–H groups in total. The van der Waals surface area contributed by atoms with Crippen LogP contribution in [0.4, 0.5) is 0 Å². The molecule has 7 aliphatic rings. The van der Waals surface area contributed by atoms with E-state index in [-0.39, 0.29) is 34.4 Å². The third-order valence-corrected chi connectivity index (χ3v) is 10.3. The summed E-state index contributed by atoms with van der Waals surface area (Å²) in [5.74, 6) is 2.28. The number of phenols is 1. The van der Waals surface area contributed by atoms with Crippen LogP contribution in [-0.4, -0.2) is 53.7 Å². The van der Waals surface area contributed by atoms with Crippen molar-refractivity contribution in [3.8, 4) is 11.5 Å². The van der Waals surface area contributed by atoms with Gasteiger partial charge in [0.1, 0.15) is 17.5 Å². The molecule has 4 saturated carbocycles. The number of methoxy groups -OCH3 is 1. The Bertz CT molecular complexity index is 988. The highest BCUT2D eigenvalue weighted by atomic mass is 16.6. The van der Waals surface area contributed by atoms with Gasteiger partial charge in [-0.1, -0.05) is 6.07 Å². The number of nitrogens with zero attached hydrogens (tertiary/aromatic N) is 1. The van der Waals surface area contributed by atoms with Crippen molar-refractivity contribution in [3.05, 3.63) is 23.3 Å². The van der Waals surface area contributed by atoms with Gasteiger partial charge in [0.2, 0.25) is 0 Å².